The smallest absolute Gasteiger partial charge is 0.335 e. The van der Waals surface area contributed by atoms with Gasteiger partial charge in [0.05, 0.1) is 5.56 Å². The normalized spacial score (nSPS) is 17.7. The van der Waals surface area contributed by atoms with Crippen LogP contribution in [-0.2, 0) is 6.42 Å². The summed E-state index contributed by atoms with van der Waals surface area (Å²) in [5, 5.41) is 9.06. The summed E-state index contributed by atoms with van der Waals surface area (Å²) in [7, 11) is 0. The van der Waals surface area contributed by atoms with Gasteiger partial charge in [-0.1, -0.05) is 12.1 Å². The van der Waals surface area contributed by atoms with Gasteiger partial charge in [0.1, 0.15) is 0 Å². The van der Waals surface area contributed by atoms with Crippen LogP contribution in [0.5, 0.6) is 0 Å². The fourth-order valence-electron chi connectivity index (χ4n) is 2.93. The van der Waals surface area contributed by atoms with Crippen molar-refractivity contribution in [1.82, 2.24) is 9.97 Å². The van der Waals surface area contributed by atoms with E-state index in [0.717, 1.165) is 43.1 Å². The van der Waals surface area contributed by atoms with Crippen molar-refractivity contribution >= 4 is 11.9 Å². The van der Waals surface area contributed by atoms with Crippen LogP contribution >= 0.6 is 0 Å². The molecule has 0 radical (unpaired) electrons. The molecular formula is C17H19N3O2. The lowest BCUT2D eigenvalue weighted by Gasteiger charge is -2.16. The summed E-state index contributed by atoms with van der Waals surface area (Å²) in [6.45, 7) is 3.84. The molecule has 1 fully saturated rings. The van der Waals surface area contributed by atoms with Crippen LogP contribution in [0.3, 0.4) is 0 Å². The highest BCUT2D eigenvalue weighted by Crippen LogP contribution is 2.24. The Hall–Kier alpha value is -2.43. The number of carboxylic acid groups (broad SMARTS) is 1. The SMILES string of the molecule is Cc1ccnc(N2CC[C@H](Cc3cccc(C(=O)O)c3)C2)n1. The second-order valence-electron chi connectivity index (χ2n) is 5.81. The van der Waals surface area contributed by atoms with E-state index in [9.17, 15) is 4.79 Å². The molecule has 1 aromatic heterocycles. The number of anilines is 1. The molecule has 22 heavy (non-hydrogen) atoms. The van der Waals surface area contributed by atoms with Crippen molar-refractivity contribution in [2.45, 2.75) is 19.8 Å². The van der Waals surface area contributed by atoms with Crippen molar-refractivity contribution in [3.63, 3.8) is 0 Å². The Morgan fingerprint density at radius 1 is 1.41 bits per heavy atom. The molecule has 2 heterocycles. The average Bonchev–Trinajstić information content (AvgIpc) is 2.96. The van der Waals surface area contributed by atoms with Gasteiger partial charge >= 0.3 is 5.97 Å². The van der Waals surface area contributed by atoms with Crippen LogP contribution in [0.2, 0.25) is 0 Å². The van der Waals surface area contributed by atoms with Crippen LogP contribution in [-0.4, -0.2) is 34.1 Å². The molecule has 1 atom stereocenters. The van der Waals surface area contributed by atoms with Gasteiger partial charge in [-0.2, -0.15) is 0 Å². The van der Waals surface area contributed by atoms with E-state index in [0.29, 0.717) is 11.5 Å². The van der Waals surface area contributed by atoms with Crippen LogP contribution in [0, 0.1) is 12.8 Å². The maximum atomic E-state index is 11.0. The number of benzene rings is 1. The molecule has 1 aliphatic rings. The summed E-state index contributed by atoms with van der Waals surface area (Å²) in [5.74, 6) is 0.429. The summed E-state index contributed by atoms with van der Waals surface area (Å²) in [6.07, 6.45) is 3.76. The van der Waals surface area contributed by atoms with E-state index in [-0.39, 0.29) is 0 Å². The molecule has 114 valence electrons. The van der Waals surface area contributed by atoms with Crippen LogP contribution in [0.1, 0.15) is 28.0 Å². The molecule has 5 heteroatoms. The first kappa shape index (κ1) is 14.5. The molecule has 3 rings (SSSR count). The monoisotopic (exact) mass is 297 g/mol. The molecule has 5 nitrogen and oxygen atoms in total. The molecule has 1 aliphatic heterocycles. The Morgan fingerprint density at radius 3 is 3.05 bits per heavy atom. The number of hydrogen-bond acceptors (Lipinski definition) is 4. The largest absolute Gasteiger partial charge is 0.478 e. The third-order valence-electron chi connectivity index (χ3n) is 4.05. The molecule has 0 spiro atoms. The highest BCUT2D eigenvalue weighted by molar-refractivity contribution is 5.87. The Labute approximate surface area is 129 Å². The Kier molecular flexibility index (Phi) is 4.04. The minimum atomic E-state index is -0.872. The number of carboxylic acids is 1. The van der Waals surface area contributed by atoms with Gasteiger partial charge in [0, 0.05) is 25.0 Å². The van der Waals surface area contributed by atoms with Gasteiger partial charge in [0.15, 0.2) is 0 Å². The zero-order chi connectivity index (χ0) is 15.5. The Morgan fingerprint density at radius 2 is 2.27 bits per heavy atom. The fourth-order valence-corrected chi connectivity index (χ4v) is 2.93. The quantitative estimate of drug-likeness (QED) is 0.939. The van der Waals surface area contributed by atoms with E-state index >= 15 is 0 Å². The van der Waals surface area contributed by atoms with Crippen LogP contribution in [0.25, 0.3) is 0 Å². The van der Waals surface area contributed by atoms with Gasteiger partial charge in [0.25, 0.3) is 0 Å². The predicted molar refractivity (Wildman–Crippen MR) is 84.2 cm³/mol. The molecule has 0 saturated carbocycles. The van der Waals surface area contributed by atoms with Gasteiger partial charge in [0.2, 0.25) is 5.95 Å². The summed E-state index contributed by atoms with van der Waals surface area (Å²) in [6, 6.07) is 9.11. The first-order chi connectivity index (χ1) is 10.6. The zero-order valence-corrected chi connectivity index (χ0v) is 12.6. The van der Waals surface area contributed by atoms with E-state index in [4.69, 9.17) is 5.11 Å². The van der Waals surface area contributed by atoms with E-state index in [2.05, 4.69) is 14.9 Å². The summed E-state index contributed by atoms with van der Waals surface area (Å²) in [5.41, 5.74) is 2.41. The summed E-state index contributed by atoms with van der Waals surface area (Å²) in [4.78, 5) is 22.1. The molecule has 1 aromatic carbocycles. The molecule has 1 N–H and O–H groups in total. The Bertz CT molecular complexity index is 687. The fraction of sp³-hybridized carbons (Fsp3) is 0.353. The van der Waals surface area contributed by atoms with Crippen LogP contribution < -0.4 is 4.90 Å². The minimum Gasteiger partial charge on any atom is -0.478 e. The lowest BCUT2D eigenvalue weighted by Crippen LogP contribution is -2.22. The Balaban J connectivity index is 1.66. The van der Waals surface area contributed by atoms with Crippen molar-refractivity contribution in [3.05, 3.63) is 53.3 Å². The van der Waals surface area contributed by atoms with E-state index in [1.54, 1.807) is 18.3 Å². The molecular weight excluding hydrogens is 278 g/mol. The topological polar surface area (TPSA) is 66.3 Å². The van der Waals surface area contributed by atoms with Gasteiger partial charge < -0.3 is 10.0 Å². The number of nitrogens with zero attached hydrogens (tertiary/aromatic N) is 3. The van der Waals surface area contributed by atoms with E-state index < -0.39 is 5.97 Å². The highest BCUT2D eigenvalue weighted by atomic mass is 16.4. The first-order valence-corrected chi connectivity index (χ1v) is 7.48. The van der Waals surface area contributed by atoms with Gasteiger partial charge in [-0.05, 0) is 49.4 Å². The third kappa shape index (κ3) is 3.24. The van der Waals surface area contributed by atoms with E-state index in [1.165, 1.54) is 0 Å². The third-order valence-corrected chi connectivity index (χ3v) is 4.05. The van der Waals surface area contributed by atoms with Gasteiger partial charge in [-0.3, -0.25) is 0 Å². The van der Waals surface area contributed by atoms with Crippen molar-refractivity contribution in [2.24, 2.45) is 5.92 Å². The summed E-state index contributed by atoms with van der Waals surface area (Å²) >= 11 is 0. The van der Waals surface area contributed by atoms with Crippen molar-refractivity contribution in [2.75, 3.05) is 18.0 Å². The van der Waals surface area contributed by atoms with Crippen LogP contribution in [0.15, 0.2) is 36.5 Å². The first-order valence-electron chi connectivity index (χ1n) is 7.48. The summed E-state index contributed by atoms with van der Waals surface area (Å²) < 4.78 is 0. The number of aryl methyl sites for hydroxylation is 1. The lowest BCUT2D eigenvalue weighted by atomic mass is 9.97. The number of aromatic nitrogens is 2. The molecule has 0 unspecified atom stereocenters. The zero-order valence-electron chi connectivity index (χ0n) is 12.6. The average molecular weight is 297 g/mol. The molecule has 0 amide bonds. The number of rotatable bonds is 4. The maximum absolute atomic E-state index is 11.0. The van der Waals surface area contributed by atoms with Gasteiger partial charge in [-0.25, -0.2) is 14.8 Å². The highest BCUT2D eigenvalue weighted by Gasteiger charge is 2.24. The second-order valence-corrected chi connectivity index (χ2v) is 5.81. The second kappa shape index (κ2) is 6.13. The number of hydrogen-bond donors (Lipinski definition) is 1. The lowest BCUT2D eigenvalue weighted by molar-refractivity contribution is 0.0696. The molecule has 0 aliphatic carbocycles. The van der Waals surface area contributed by atoms with Crippen molar-refractivity contribution in [3.8, 4) is 0 Å². The van der Waals surface area contributed by atoms with E-state index in [1.807, 2.05) is 25.1 Å². The predicted octanol–water partition coefficient (Wildman–Crippen LogP) is 2.55. The van der Waals surface area contributed by atoms with Gasteiger partial charge in [-0.15, -0.1) is 0 Å². The maximum Gasteiger partial charge on any atom is 0.335 e. The molecule has 1 saturated heterocycles. The van der Waals surface area contributed by atoms with Crippen LogP contribution in [0.4, 0.5) is 5.95 Å². The van der Waals surface area contributed by atoms with Crippen molar-refractivity contribution in [1.29, 1.82) is 0 Å². The number of carbonyl (C=O) groups is 1. The number of aromatic carboxylic acids is 1. The molecule has 0 bridgehead atoms. The molecule has 2 aromatic rings. The standard InChI is InChI=1S/C17H19N3O2/c1-12-5-7-18-17(19-12)20-8-6-14(11-20)9-13-3-2-4-15(10-13)16(21)22/h2-5,7,10,14H,6,8-9,11H2,1H3,(H,21,22)/t14-/m1/s1. The van der Waals surface area contributed by atoms with Crippen molar-refractivity contribution < 1.29 is 9.90 Å². The minimum absolute atomic E-state index is 0.356.